The first-order chi connectivity index (χ1) is 14.0. The number of nitrogens with one attached hydrogen (secondary N) is 1. The van der Waals surface area contributed by atoms with Crippen molar-refractivity contribution < 1.29 is 4.65 Å². The van der Waals surface area contributed by atoms with Gasteiger partial charge in [-0.1, -0.05) is 12.1 Å². The Labute approximate surface area is 172 Å². The Bertz CT molecular complexity index is 965. The predicted octanol–water partition coefficient (Wildman–Crippen LogP) is 4.27. The first kappa shape index (κ1) is 19.6. The quantitative estimate of drug-likeness (QED) is 0.370. The number of hydrogen-bond donors (Lipinski definition) is 1. The Morgan fingerprint density at radius 3 is 2.59 bits per heavy atom. The standard InChI is InChI=1S/C23H29N5O/c1-27(2)19-10-8-18(9-11-19)21-17-22-20(7-5-12-24-22)23(26-21)25-13-6-16-28(29)14-3-4-15-28/h5,7-12,17H,3-4,6,13-16H2,1-2H3,(H,25,26). The van der Waals surface area contributed by atoms with Gasteiger partial charge in [-0.05, 0) is 30.3 Å². The molecule has 0 radical (unpaired) electrons. The van der Waals surface area contributed by atoms with Gasteiger partial charge in [0.25, 0.3) is 0 Å². The van der Waals surface area contributed by atoms with E-state index >= 15 is 0 Å². The molecule has 4 rings (SSSR count). The Morgan fingerprint density at radius 2 is 1.86 bits per heavy atom. The van der Waals surface area contributed by atoms with Crippen molar-refractivity contribution in [2.45, 2.75) is 19.3 Å². The predicted molar refractivity (Wildman–Crippen MR) is 120 cm³/mol. The van der Waals surface area contributed by atoms with Gasteiger partial charge >= 0.3 is 0 Å². The van der Waals surface area contributed by atoms with Crippen LogP contribution in [0.2, 0.25) is 0 Å². The van der Waals surface area contributed by atoms with E-state index in [1.54, 1.807) is 0 Å². The number of anilines is 2. The molecular weight excluding hydrogens is 362 g/mol. The SMILES string of the molecule is CN(C)c1ccc(-c2cc3ncccc3c(NCCC[N+]3([O-])CCCC3)n2)cc1. The van der Waals surface area contributed by atoms with Crippen LogP contribution in [0.5, 0.6) is 0 Å². The van der Waals surface area contributed by atoms with Crippen molar-refractivity contribution in [1.29, 1.82) is 0 Å². The van der Waals surface area contributed by atoms with Crippen LogP contribution in [0, 0.1) is 5.21 Å². The highest BCUT2D eigenvalue weighted by Crippen LogP contribution is 2.28. The zero-order chi connectivity index (χ0) is 20.3. The molecule has 29 heavy (non-hydrogen) atoms. The zero-order valence-electron chi connectivity index (χ0n) is 17.3. The fourth-order valence-electron chi connectivity index (χ4n) is 4.00. The third-order valence-electron chi connectivity index (χ3n) is 5.69. The van der Waals surface area contributed by atoms with Crippen LogP contribution in [-0.2, 0) is 0 Å². The summed E-state index contributed by atoms with van der Waals surface area (Å²) in [6.45, 7) is 2.95. The van der Waals surface area contributed by atoms with Crippen molar-refractivity contribution in [2.75, 3.05) is 50.5 Å². The van der Waals surface area contributed by atoms with E-state index in [0.29, 0.717) is 6.54 Å². The fourth-order valence-corrected chi connectivity index (χ4v) is 4.00. The summed E-state index contributed by atoms with van der Waals surface area (Å²) in [5.74, 6) is 0.834. The molecular formula is C23H29N5O. The van der Waals surface area contributed by atoms with Gasteiger partial charge in [-0.15, -0.1) is 0 Å². The van der Waals surface area contributed by atoms with Crippen LogP contribution in [0.4, 0.5) is 11.5 Å². The van der Waals surface area contributed by atoms with Gasteiger partial charge in [0.05, 0.1) is 30.8 Å². The van der Waals surface area contributed by atoms with Crippen molar-refractivity contribution >= 4 is 22.4 Å². The minimum absolute atomic E-state index is 0.0321. The lowest BCUT2D eigenvalue weighted by molar-refractivity contribution is -0.868. The molecule has 1 aliphatic heterocycles. The number of benzene rings is 1. The lowest BCUT2D eigenvalue weighted by Crippen LogP contribution is -2.40. The molecule has 6 nitrogen and oxygen atoms in total. The van der Waals surface area contributed by atoms with E-state index in [2.05, 4.69) is 39.5 Å². The zero-order valence-corrected chi connectivity index (χ0v) is 17.3. The van der Waals surface area contributed by atoms with Crippen LogP contribution in [-0.4, -0.2) is 54.9 Å². The number of nitrogens with zero attached hydrogens (tertiary/aromatic N) is 4. The summed E-state index contributed by atoms with van der Waals surface area (Å²) in [5.41, 5.74) is 4.04. The second-order valence-corrected chi connectivity index (χ2v) is 8.08. The van der Waals surface area contributed by atoms with Crippen molar-refractivity contribution in [3.63, 3.8) is 0 Å². The summed E-state index contributed by atoms with van der Waals surface area (Å²) in [7, 11) is 4.07. The minimum Gasteiger partial charge on any atom is -0.633 e. The van der Waals surface area contributed by atoms with Crippen LogP contribution in [0.15, 0.2) is 48.7 Å². The number of fused-ring (bicyclic) bond motifs is 1. The Morgan fingerprint density at radius 1 is 1.10 bits per heavy atom. The largest absolute Gasteiger partial charge is 0.633 e. The Hall–Kier alpha value is -2.70. The molecule has 0 saturated carbocycles. The molecule has 1 aliphatic rings. The number of hydrogen-bond acceptors (Lipinski definition) is 5. The lowest BCUT2D eigenvalue weighted by atomic mass is 10.1. The molecule has 0 atom stereocenters. The maximum absolute atomic E-state index is 12.5. The molecule has 6 heteroatoms. The first-order valence-electron chi connectivity index (χ1n) is 10.4. The molecule has 0 aliphatic carbocycles. The molecule has 0 bridgehead atoms. The van der Waals surface area contributed by atoms with Crippen LogP contribution in [0.25, 0.3) is 22.2 Å². The molecule has 1 saturated heterocycles. The molecule has 1 aromatic carbocycles. The average Bonchev–Trinajstić information content (AvgIpc) is 3.17. The molecule has 0 amide bonds. The molecule has 3 heterocycles. The molecule has 152 valence electrons. The number of rotatable bonds is 7. The second kappa shape index (κ2) is 8.35. The van der Waals surface area contributed by atoms with Crippen LogP contribution in [0.1, 0.15) is 19.3 Å². The van der Waals surface area contributed by atoms with Gasteiger partial charge < -0.3 is 20.1 Å². The highest BCUT2D eigenvalue weighted by Gasteiger charge is 2.21. The summed E-state index contributed by atoms with van der Waals surface area (Å²) in [5, 5.41) is 17.0. The van der Waals surface area contributed by atoms with Crippen molar-refractivity contribution in [1.82, 2.24) is 9.97 Å². The highest BCUT2D eigenvalue weighted by atomic mass is 16.5. The Kier molecular flexibility index (Phi) is 5.65. The van der Waals surface area contributed by atoms with Gasteiger partial charge in [-0.25, -0.2) is 4.98 Å². The second-order valence-electron chi connectivity index (χ2n) is 8.08. The van der Waals surface area contributed by atoms with Gasteiger partial charge in [0.1, 0.15) is 5.82 Å². The number of pyridine rings is 2. The topological polar surface area (TPSA) is 64.1 Å². The summed E-state index contributed by atoms with van der Waals surface area (Å²) in [4.78, 5) is 11.5. The molecule has 1 fully saturated rings. The highest BCUT2D eigenvalue weighted by molar-refractivity contribution is 5.92. The Balaban J connectivity index is 1.54. The first-order valence-corrected chi connectivity index (χ1v) is 10.4. The van der Waals surface area contributed by atoms with E-state index < -0.39 is 0 Å². The average molecular weight is 392 g/mol. The summed E-state index contributed by atoms with van der Waals surface area (Å²) >= 11 is 0. The van der Waals surface area contributed by atoms with E-state index in [1.807, 2.05) is 38.5 Å². The van der Waals surface area contributed by atoms with Crippen molar-refractivity contribution in [3.8, 4) is 11.3 Å². The van der Waals surface area contributed by atoms with Gasteiger partial charge in [-0.3, -0.25) is 4.98 Å². The van der Waals surface area contributed by atoms with E-state index in [4.69, 9.17) is 4.98 Å². The normalized spacial score (nSPS) is 15.6. The van der Waals surface area contributed by atoms with Gasteiger partial charge in [0.15, 0.2) is 0 Å². The number of quaternary nitrogens is 1. The van der Waals surface area contributed by atoms with E-state index in [1.165, 1.54) is 0 Å². The molecule has 0 spiro atoms. The summed E-state index contributed by atoms with van der Waals surface area (Å²) in [6.07, 6.45) is 4.77. The number of likely N-dealkylation sites (tertiary alicyclic amines) is 1. The van der Waals surface area contributed by atoms with Gasteiger partial charge in [0, 0.05) is 62.7 Å². The smallest absolute Gasteiger partial charge is 0.136 e. The van der Waals surface area contributed by atoms with Crippen molar-refractivity contribution in [3.05, 3.63) is 53.9 Å². The molecule has 3 aromatic rings. The van der Waals surface area contributed by atoms with Crippen molar-refractivity contribution in [2.24, 2.45) is 0 Å². The third-order valence-corrected chi connectivity index (χ3v) is 5.69. The monoisotopic (exact) mass is 391 g/mol. The molecule has 2 aromatic heterocycles. The number of hydroxylamine groups is 3. The molecule has 1 N–H and O–H groups in total. The fraction of sp³-hybridized carbons (Fsp3) is 0.391. The third kappa shape index (κ3) is 4.49. The summed E-state index contributed by atoms with van der Waals surface area (Å²) < 4.78 is -0.0321. The van der Waals surface area contributed by atoms with E-state index in [9.17, 15) is 5.21 Å². The maximum atomic E-state index is 12.5. The van der Waals surface area contributed by atoms with E-state index in [-0.39, 0.29) is 4.65 Å². The molecule has 0 unspecified atom stereocenters. The number of aromatic nitrogens is 2. The van der Waals surface area contributed by atoms with Crippen LogP contribution >= 0.6 is 0 Å². The minimum atomic E-state index is -0.0321. The van der Waals surface area contributed by atoms with Gasteiger partial charge in [0.2, 0.25) is 0 Å². The lowest BCUT2D eigenvalue weighted by Gasteiger charge is -2.38. The van der Waals surface area contributed by atoms with Crippen LogP contribution < -0.4 is 10.2 Å². The maximum Gasteiger partial charge on any atom is 0.136 e. The van der Waals surface area contributed by atoms with E-state index in [0.717, 1.165) is 72.6 Å². The summed E-state index contributed by atoms with van der Waals surface area (Å²) in [6, 6.07) is 14.4. The van der Waals surface area contributed by atoms with Crippen LogP contribution in [0.3, 0.4) is 0 Å². The van der Waals surface area contributed by atoms with Gasteiger partial charge in [-0.2, -0.15) is 0 Å².